The zero-order valence-corrected chi connectivity index (χ0v) is 24.9. The summed E-state index contributed by atoms with van der Waals surface area (Å²) in [5, 5.41) is 24.0. The van der Waals surface area contributed by atoms with Gasteiger partial charge in [-0.15, -0.1) is 0 Å². The van der Waals surface area contributed by atoms with Gasteiger partial charge in [0, 0.05) is 35.4 Å². The average Bonchev–Trinajstić information content (AvgIpc) is 3.18. The first kappa shape index (κ1) is 30.5. The number of alkyl halides is 2. The molecule has 1 aromatic carbocycles. The second-order valence-corrected chi connectivity index (χ2v) is 14.1. The van der Waals surface area contributed by atoms with Crippen molar-refractivity contribution in [3.05, 3.63) is 58.7 Å². The van der Waals surface area contributed by atoms with Crippen molar-refractivity contribution in [3.63, 3.8) is 0 Å². The monoisotopic (exact) mass is 607 g/mol. The number of hydrogen-bond donors (Lipinski definition) is 2. The van der Waals surface area contributed by atoms with E-state index in [1.165, 1.54) is 19.1 Å². The fourth-order valence-electron chi connectivity index (χ4n) is 8.43. The number of thioether (sulfide) groups is 1. The van der Waals surface area contributed by atoms with Gasteiger partial charge in [-0.2, -0.15) is 5.06 Å². The molecule has 3 saturated carbocycles. The number of ketones is 2. The Balaban J connectivity index is 1.50. The van der Waals surface area contributed by atoms with Gasteiger partial charge in [0.15, 0.2) is 16.6 Å². The third-order valence-electron chi connectivity index (χ3n) is 10.2. The minimum Gasteiger partial charge on any atom is -0.390 e. The average molecular weight is 608 g/mol. The van der Waals surface area contributed by atoms with Crippen molar-refractivity contribution in [1.82, 2.24) is 5.06 Å². The zero-order valence-electron chi connectivity index (χ0n) is 23.4. The molecule has 2 N–H and O–H groups in total. The van der Waals surface area contributed by atoms with E-state index >= 15 is 8.78 Å². The molecule has 6 nitrogen and oxygen atoms in total. The number of allylic oxidation sites excluding steroid dienone is 4. The molecule has 5 rings (SSSR count). The Morgan fingerprint density at radius 1 is 1.17 bits per heavy atom. The maximum absolute atomic E-state index is 17.5. The van der Waals surface area contributed by atoms with Crippen LogP contribution < -0.4 is 0 Å². The van der Waals surface area contributed by atoms with Gasteiger partial charge in [0.05, 0.1) is 11.9 Å². The van der Waals surface area contributed by atoms with Crippen molar-refractivity contribution in [2.24, 2.45) is 34.5 Å². The van der Waals surface area contributed by atoms with E-state index in [9.17, 15) is 24.7 Å². The number of Topliss-reactive ketones (excluding diaryl/α,β-unsaturated/α-hetero) is 1. The molecule has 4 aliphatic rings. The van der Waals surface area contributed by atoms with Crippen LogP contribution in [0.3, 0.4) is 0 Å². The van der Waals surface area contributed by atoms with Gasteiger partial charge in [0.2, 0.25) is 0 Å². The van der Waals surface area contributed by atoms with E-state index in [1.54, 1.807) is 31.2 Å². The number of carbonyl (C=O) groups excluding carboxylic acids is 3. The number of carbonyl (C=O) groups is 3. The van der Waals surface area contributed by atoms with Crippen LogP contribution in [-0.4, -0.2) is 62.3 Å². The number of halogens is 3. The van der Waals surface area contributed by atoms with Crippen LogP contribution in [0.5, 0.6) is 0 Å². The van der Waals surface area contributed by atoms with Crippen molar-refractivity contribution < 1.29 is 33.5 Å². The molecule has 0 aromatic heterocycles. The minimum atomic E-state index is -2.25. The first-order chi connectivity index (χ1) is 19.2. The third kappa shape index (κ3) is 5.05. The summed E-state index contributed by atoms with van der Waals surface area (Å²) in [4.78, 5) is 37.5. The maximum Gasteiger partial charge on any atom is 0.193 e. The number of aliphatic hydroxyl groups is 1. The van der Waals surface area contributed by atoms with Crippen LogP contribution in [0.15, 0.2) is 48.1 Å². The summed E-state index contributed by atoms with van der Waals surface area (Å²) in [5.41, 5.74) is -3.79. The van der Waals surface area contributed by atoms with E-state index in [1.807, 2.05) is 6.92 Å². The van der Waals surface area contributed by atoms with E-state index in [4.69, 9.17) is 11.6 Å². The molecule has 1 aromatic rings. The largest absolute Gasteiger partial charge is 0.390 e. The van der Waals surface area contributed by atoms with E-state index < -0.39 is 58.2 Å². The maximum atomic E-state index is 17.5. The lowest BCUT2D eigenvalue weighted by atomic mass is 9.45. The molecule has 0 heterocycles. The number of nitrogens with zero attached hydrogens (tertiary/aromatic N) is 1. The predicted octanol–water partition coefficient (Wildman–Crippen LogP) is 5.54. The molecule has 3 fully saturated rings. The predicted molar refractivity (Wildman–Crippen MR) is 153 cm³/mol. The minimum absolute atomic E-state index is 0.00690. The highest BCUT2D eigenvalue weighted by atomic mass is 35.5. The van der Waals surface area contributed by atoms with Gasteiger partial charge in [-0.05, 0) is 85.8 Å². The van der Waals surface area contributed by atoms with Gasteiger partial charge in [0.25, 0.3) is 0 Å². The van der Waals surface area contributed by atoms with Crippen molar-refractivity contribution in [2.45, 2.75) is 64.5 Å². The van der Waals surface area contributed by atoms with Crippen LogP contribution >= 0.6 is 23.4 Å². The molecule has 0 spiro atoms. The van der Waals surface area contributed by atoms with E-state index in [0.29, 0.717) is 11.4 Å². The van der Waals surface area contributed by atoms with Gasteiger partial charge in [-0.25, -0.2) is 8.78 Å². The van der Waals surface area contributed by atoms with Crippen LogP contribution in [-0.2, 0) is 20.9 Å². The van der Waals surface area contributed by atoms with Crippen LogP contribution in [0, 0.1) is 34.5 Å². The highest BCUT2D eigenvalue weighted by Crippen LogP contribution is 2.70. The molecule has 3 unspecified atom stereocenters. The van der Waals surface area contributed by atoms with Gasteiger partial charge < -0.3 is 10.3 Å². The van der Waals surface area contributed by atoms with Gasteiger partial charge in [0.1, 0.15) is 12.0 Å². The molecular formula is C31H36ClF2NO5S. The standard InChI is InChI=1S/C31H36ClF2NO5S/c1-17(36)16-41-28(39)27-19(15-35(40)14-18-4-6-20(32)7-5-18)10-22-23-12-25(33)24-11-21(37)8-9-30(24,3)31(23,34)26(38)13-29(22,27)2/h4-9,11,19,22-23,25-27,38,40H,10,12-16H2,1-3H3/t19-,22?,23-,25-,26-,27?,29?,30-,31-/m0/s1. The van der Waals surface area contributed by atoms with Gasteiger partial charge in [-0.1, -0.05) is 48.5 Å². The second-order valence-electron chi connectivity index (χ2n) is 12.7. The van der Waals surface area contributed by atoms with Crippen molar-refractivity contribution in [1.29, 1.82) is 0 Å². The summed E-state index contributed by atoms with van der Waals surface area (Å²) in [5.74, 6) is -3.08. The molecule has 4 aliphatic carbocycles. The number of benzene rings is 1. The fourth-order valence-corrected chi connectivity index (χ4v) is 9.54. The number of fused-ring (bicyclic) bond motifs is 5. The zero-order chi connectivity index (χ0) is 29.9. The van der Waals surface area contributed by atoms with Crippen LogP contribution in [0.1, 0.15) is 45.6 Å². The van der Waals surface area contributed by atoms with Crippen LogP contribution in [0.4, 0.5) is 8.78 Å². The van der Waals surface area contributed by atoms with Gasteiger partial charge in [-0.3, -0.25) is 14.4 Å². The van der Waals surface area contributed by atoms with Gasteiger partial charge >= 0.3 is 0 Å². The quantitative estimate of drug-likeness (QED) is 0.393. The number of aliphatic hydroxyl groups excluding tert-OH is 1. The molecule has 0 bridgehead atoms. The summed E-state index contributed by atoms with van der Waals surface area (Å²) in [6, 6.07) is 7.02. The molecule has 0 aliphatic heterocycles. The highest BCUT2D eigenvalue weighted by molar-refractivity contribution is 8.14. The SMILES string of the molecule is CC(=O)CSC(=O)C1[C@H](CN(O)Cc2ccc(Cl)cc2)CC2[C@@H]3C[C@H](F)C4=CC(=O)C=C[C@]4(C)[C@@]3(F)[C@@H](O)CC12C. The van der Waals surface area contributed by atoms with E-state index in [2.05, 4.69) is 0 Å². The summed E-state index contributed by atoms with van der Waals surface area (Å²) in [7, 11) is 0. The van der Waals surface area contributed by atoms with E-state index in [-0.39, 0.29) is 48.2 Å². The molecule has 9 atom stereocenters. The lowest BCUT2D eigenvalue weighted by Gasteiger charge is -2.62. The Morgan fingerprint density at radius 2 is 1.85 bits per heavy atom. The first-order valence-corrected chi connectivity index (χ1v) is 15.4. The van der Waals surface area contributed by atoms with E-state index in [0.717, 1.165) is 28.5 Å². The molecule has 0 radical (unpaired) electrons. The summed E-state index contributed by atoms with van der Waals surface area (Å²) < 4.78 is 33.3. The summed E-state index contributed by atoms with van der Waals surface area (Å²) in [6.07, 6.45) is 0.804. The number of rotatable bonds is 7. The molecule has 0 saturated heterocycles. The fraction of sp³-hybridized carbons (Fsp3) is 0.581. The topological polar surface area (TPSA) is 94.9 Å². The Bertz CT molecular complexity index is 1310. The Kier molecular flexibility index (Phi) is 8.18. The normalized spacial score (nSPS) is 39.6. The van der Waals surface area contributed by atoms with Crippen molar-refractivity contribution in [2.75, 3.05) is 12.3 Å². The number of hydroxylamine groups is 2. The van der Waals surface area contributed by atoms with Crippen molar-refractivity contribution in [3.8, 4) is 0 Å². The molecular weight excluding hydrogens is 572 g/mol. The van der Waals surface area contributed by atoms with Crippen LogP contribution in [0.25, 0.3) is 0 Å². The summed E-state index contributed by atoms with van der Waals surface area (Å²) >= 11 is 6.89. The first-order valence-electron chi connectivity index (χ1n) is 14.0. The molecule has 10 heteroatoms. The molecule has 41 heavy (non-hydrogen) atoms. The molecule has 222 valence electrons. The molecule has 0 amide bonds. The number of hydrogen-bond acceptors (Lipinski definition) is 7. The highest BCUT2D eigenvalue weighted by Gasteiger charge is 2.73. The second kappa shape index (κ2) is 11.0. The summed E-state index contributed by atoms with van der Waals surface area (Å²) in [6.45, 7) is 5.08. The lowest BCUT2D eigenvalue weighted by molar-refractivity contribution is -0.201. The Morgan fingerprint density at radius 3 is 2.51 bits per heavy atom. The van der Waals surface area contributed by atoms with Crippen molar-refractivity contribution >= 4 is 40.0 Å². The smallest absolute Gasteiger partial charge is 0.193 e. The Labute approximate surface area is 248 Å². The lowest BCUT2D eigenvalue weighted by Crippen LogP contribution is -2.68. The third-order valence-corrected chi connectivity index (χ3v) is 11.5. The Hall–Kier alpha value is -1.91. The van der Waals surface area contributed by atoms with Crippen LogP contribution in [0.2, 0.25) is 5.02 Å².